The van der Waals surface area contributed by atoms with Gasteiger partial charge in [-0.15, -0.1) is 0 Å². The van der Waals surface area contributed by atoms with Gasteiger partial charge in [-0.2, -0.15) is 0 Å². The summed E-state index contributed by atoms with van der Waals surface area (Å²) in [4.78, 5) is 12.6. The Morgan fingerprint density at radius 1 is 1.50 bits per heavy atom. The summed E-state index contributed by atoms with van der Waals surface area (Å²) in [5.74, 6) is 0. The van der Waals surface area contributed by atoms with Gasteiger partial charge in [0.1, 0.15) is 6.29 Å². The van der Waals surface area contributed by atoms with E-state index in [1.165, 1.54) is 0 Å². The smallest absolute Gasteiger partial charge is 0.127 e. The zero-order valence-corrected chi connectivity index (χ0v) is 7.35. The third-order valence-electron chi connectivity index (χ3n) is 1.77. The highest BCUT2D eigenvalue weighted by Gasteiger charge is 2.21. The molecule has 0 bridgehead atoms. The molecule has 0 N–H and O–H groups in total. The molecule has 0 amide bonds. The minimum Gasteiger partial charge on any atom is -0.308 e. The van der Waals surface area contributed by atoms with Gasteiger partial charge in [0.2, 0.25) is 0 Å². The van der Waals surface area contributed by atoms with E-state index in [2.05, 4.69) is 0 Å². The fourth-order valence-corrected chi connectivity index (χ4v) is 0.955. The Bertz CT molecular complexity index is 112. The molecule has 0 rings (SSSR count). The van der Waals surface area contributed by atoms with Crippen molar-refractivity contribution in [2.24, 2.45) is 5.41 Å². The molecule has 1 atom stereocenters. The molecule has 2 heteroatoms. The van der Waals surface area contributed by atoms with Crippen LogP contribution in [0.2, 0.25) is 0 Å². The Labute approximate surface area is 63.2 Å². The summed E-state index contributed by atoms with van der Waals surface area (Å²) in [7, 11) is 3.97. The highest BCUT2D eigenvalue weighted by atomic mass is 16.1. The fourth-order valence-electron chi connectivity index (χ4n) is 0.955. The number of rotatable bonds is 4. The lowest BCUT2D eigenvalue weighted by Crippen LogP contribution is -2.31. The number of carbonyl (C=O) groups excluding carboxylic acids is 1. The van der Waals surface area contributed by atoms with Gasteiger partial charge in [-0.25, -0.2) is 0 Å². The number of hydrogen-bond acceptors (Lipinski definition) is 2. The molecule has 2 nitrogen and oxygen atoms in total. The molecular formula is C8H17NO. The van der Waals surface area contributed by atoms with Gasteiger partial charge in [0, 0.05) is 12.0 Å². The maximum Gasteiger partial charge on any atom is 0.127 e. The standard InChI is InChI=1S/C8H17NO/c1-5-8(2,7-10)6-9(3)4/h7H,5-6H2,1-4H3. The normalized spacial score (nSPS) is 16.9. The van der Waals surface area contributed by atoms with E-state index in [0.29, 0.717) is 0 Å². The van der Waals surface area contributed by atoms with Crippen molar-refractivity contribution in [3.05, 3.63) is 0 Å². The first-order valence-electron chi connectivity index (χ1n) is 3.65. The molecule has 1 unspecified atom stereocenters. The number of nitrogens with zero attached hydrogens (tertiary/aromatic N) is 1. The molecule has 0 aliphatic rings. The van der Waals surface area contributed by atoms with E-state index in [-0.39, 0.29) is 5.41 Å². The van der Waals surface area contributed by atoms with Crippen LogP contribution in [0.4, 0.5) is 0 Å². The first-order valence-corrected chi connectivity index (χ1v) is 3.65. The topological polar surface area (TPSA) is 20.3 Å². The van der Waals surface area contributed by atoms with Crippen LogP contribution in [0.5, 0.6) is 0 Å². The van der Waals surface area contributed by atoms with E-state index in [9.17, 15) is 4.79 Å². The van der Waals surface area contributed by atoms with Crippen LogP contribution in [-0.2, 0) is 4.79 Å². The monoisotopic (exact) mass is 143 g/mol. The van der Waals surface area contributed by atoms with Gasteiger partial charge in [-0.1, -0.05) is 13.8 Å². The van der Waals surface area contributed by atoms with Crippen molar-refractivity contribution in [3.63, 3.8) is 0 Å². The van der Waals surface area contributed by atoms with Gasteiger partial charge in [-0.3, -0.25) is 0 Å². The lowest BCUT2D eigenvalue weighted by molar-refractivity contribution is -0.116. The van der Waals surface area contributed by atoms with Crippen LogP contribution in [0.3, 0.4) is 0 Å². The van der Waals surface area contributed by atoms with Crippen molar-refractivity contribution in [1.29, 1.82) is 0 Å². The predicted molar refractivity (Wildman–Crippen MR) is 43.0 cm³/mol. The van der Waals surface area contributed by atoms with E-state index in [1.807, 2.05) is 32.8 Å². The van der Waals surface area contributed by atoms with Crippen LogP contribution < -0.4 is 0 Å². The molecule has 0 saturated heterocycles. The minimum atomic E-state index is -0.149. The Kier molecular flexibility index (Phi) is 3.58. The second-order valence-corrected chi connectivity index (χ2v) is 3.36. The van der Waals surface area contributed by atoms with Crippen molar-refractivity contribution in [3.8, 4) is 0 Å². The maximum absolute atomic E-state index is 10.6. The summed E-state index contributed by atoms with van der Waals surface area (Å²) in [6.07, 6.45) is 1.96. The second kappa shape index (κ2) is 3.71. The van der Waals surface area contributed by atoms with E-state index in [4.69, 9.17) is 0 Å². The molecule has 0 aromatic carbocycles. The zero-order valence-electron chi connectivity index (χ0n) is 7.35. The highest BCUT2D eigenvalue weighted by Crippen LogP contribution is 2.17. The van der Waals surface area contributed by atoms with Crippen LogP contribution in [0.15, 0.2) is 0 Å². The Morgan fingerprint density at radius 2 is 2.00 bits per heavy atom. The van der Waals surface area contributed by atoms with Gasteiger partial charge in [-0.05, 0) is 20.5 Å². The van der Waals surface area contributed by atoms with Crippen molar-refractivity contribution >= 4 is 6.29 Å². The SMILES string of the molecule is CCC(C)(C=O)CN(C)C. The summed E-state index contributed by atoms with van der Waals surface area (Å²) in [5.41, 5.74) is -0.149. The zero-order chi connectivity index (χ0) is 8.20. The second-order valence-electron chi connectivity index (χ2n) is 3.36. The fraction of sp³-hybridized carbons (Fsp3) is 0.875. The minimum absolute atomic E-state index is 0.149. The predicted octanol–water partition coefficient (Wildman–Crippen LogP) is 1.16. The van der Waals surface area contributed by atoms with Crippen molar-refractivity contribution in [1.82, 2.24) is 4.90 Å². The van der Waals surface area contributed by atoms with Crippen LogP contribution in [0.1, 0.15) is 20.3 Å². The van der Waals surface area contributed by atoms with Gasteiger partial charge in [0.15, 0.2) is 0 Å². The Hall–Kier alpha value is -0.370. The quantitative estimate of drug-likeness (QED) is 0.550. The summed E-state index contributed by atoms with van der Waals surface area (Å²) in [5, 5.41) is 0. The van der Waals surface area contributed by atoms with E-state index in [0.717, 1.165) is 19.3 Å². The number of hydrogen-bond donors (Lipinski definition) is 0. The highest BCUT2D eigenvalue weighted by molar-refractivity contribution is 5.58. The van der Waals surface area contributed by atoms with Crippen molar-refractivity contribution in [2.45, 2.75) is 20.3 Å². The van der Waals surface area contributed by atoms with Crippen molar-refractivity contribution in [2.75, 3.05) is 20.6 Å². The summed E-state index contributed by atoms with van der Waals surface area (Å²) < 4.78 is 0. The third-order valence-corrected chi connectivity index (χ3v) is 1.77. The molecule has 0 saturated carbocycles. The Balaban J connectivity index is 3.92. The molecule has 0 spiro atoms. The molecule has 0 aromatic heterocycles. The first-order chi connectivity index (χ1) is 4.54. The van der Waals surface area contributed by atoms with E-state index in [1.54, 1.807) is 0 Å². The molecular weight excluding hydrogens is 126 g/mol. The van der Waals surface area contributed by atoms with E-state index < -0.39 is 0 Å². The van der Waals surface area contributed by atoms with Crippen LogP contribution in [0, 0.1) is 5.41 Å². The molecule has 0 aromatic rings. The molecule has 0 aliphatic heterocycles. The summed E-state index contributed by atoms with van der Waals surface area (Å²) >= 11 is 0. The molecule has 60 valence electrons. The summed E-state index contributed by atoms with van der Waals surface area (Å²) in [6.45, 7) is 4.87. The lowest BCUT2D eigenvalue weighted by Gasteiger charge is -2.24. The van der Waals surface area contributed by atoms with Gasteiger partial charge in [0.05, 0.1) is 0 Å². The largest absolute Gasteiger partial charge is 0.308 e. The third kappa shape index (κ3) is 2.97. The average Bonchev–Trinajstić information content (AvgIpc) is 1.87. The number of aldehydes is 1. The van der Waals surface area contributed by atoms with Crippen LogP contribution in [-0.4, -0.2) is 31.8 Å². The van der Waals surface area contributed by atoms with Crippen LogP contribution >= 0.6 is 0 Å². The number of carbonyl (C=O) groups is 1. The van der Waals surface area contributed by atoms with Gasteiger partial charge >= 0.3 is 0 Å². The molecule has 10 heavy (non-hydrogen) atoms. The molecule has 0 aliphatic carbocycles. The maximum atomic E-state index is 10.6. The van der Waals surface area contributed by atoms with Gasteiger partial charge < -0.3 is 9.69 Å². The average molecular weight is 143 g/mol. The first kappa shape index (κ1) is 9.63. The van der Waals surface area contributed by atoms with Gasteiger partial charge in [0.25, 0.3) is 0 Å². The van der Waals surface area contributed by atoms with E-state index >= 15 is 0 Å². The lowest BCUT2D eigenvalue weighted by atomic mass is 9.89. The van der Waals surface area contributed by atoms with Crippen molar-refractivity contribution < 1.29 is 4.79 Å². The Morgan fingerprint density at radius 3 is 2.10 bits per heavy atom. The summed E-state index contributed by atoms with van der Waals surface area (Å²) in [6, 6.07) is 0. The molecule has 0 fully saturated rings. The molecule has 0 radical (unpaired) electrons. The molecule has 0 heterocycles. The van der Waals surface area contributed by atoms with Crippen LogP contribution in [0.25, 0.3) is 0 Å².